The minimum Gasteiger partial charge on any atom is -0.479 e. The zero-order chi connectivity index (χ0) is 25.9. The zero-order valence-corrected chi connectivity index (χ0v) is 20.4. The number of carbonyl (C=O) groups excluding carboxylic acids is 3. The molecule has 4 N–H and O–H groups in total. The summed E-state index contributed by atoms with van der Waals surface area (Å²) in [4.78, 5) is 45.7. The average Bonchev–Trinajstić information content (AvgIpc) is 3.61. The number of aryl methyl sites for hydroxylation is 1. The van der Waals surface area contributed by atoms with E-state index in [4.69, 9.17) is 5.11 Å². The molecule has 2 aromatic carbocycles. The van der Waals surface area contributed by atoms with Crippen LogP contribution in [0.15, 0.2) is 66.0 Å². The van der Waals surface area contributed by atoms with E-state index in [0.29, 0.717) is 25.0 Å². The molecule has 3 amide bonds. The van der Waals surface area contributed by atoms with Gasteiger partial charge in [-0.05, 0) is 53.6 Å². The standard InChI is InChI=1S/C23H23N3O3S.C3H4O3/c1-16(18-7-4-8-19(14-18)21-10-5-13-30-21)25-23(29)20-9-3-2-6-17(20)11-12-22(28)26-24-15-27;4-3(5)2-1-6-2/h2-10,13-16H,11-12H2,1H3,(H,24,27)(H,25,29)(H,26,28);2H,1H2,(H,4,5). The Hall–Kier alpha value is -4.02. The molecular weight excluding hydrogens is 482 g/mol. The Labute approximate surface area is 212 Å². The van der Waals surface area contributed by atoms with Crippen molar-refractivity contribution in [2.45, 2.75) is 31.9 Å². The van der Waals surface area contributed by atoms with Crippen LogP contribution in [-0.2, 0) is 25.5 Å². The van der Waals surface area contributed by atoms with E-state index in [1.54, 1.807) is 23.5 Å². The molecule has 1 aromatic heterocycles. The topological polar surface area (TPSA) is 137 Å². The molecule has 1 aliphatic heterocycles. The van der Waals surface area contributed by atoms with E-state index < -0.39 is 12.1 Å². The first-order valence-corrected chi connectivity index (χ1v) is 12.1. The number of amides is 3. The number of thiophene rings is 1. The Kier molecular flexibility index (Phi) is 9.73. The van der Waals surface area contributed by atoms with Crippen LogP contribution in [-0.4, -0.2) is 42.0 Å². The normalized spacial score (nSPS) is 14.4. The smallest absolute Gasteiger partial charge is 0.335 e. The predicted octanol–water partition coefficient (Wildman–Crippen LogP) is 3.09. The Balaban J connectivity index is 0.000000526. The van der Waals surface area contributed by atoms with Crippen LogP contribution in [0.3, 0.4) is 0 Å². The van der Waals surface area contributed by atoms with E-state index in [1.807, 2.05) is 42.6 Å². The lowest BCUT2D eigenvalue weighted by atomic mass is 10.0. The molecular formula is C26H27N3O6S. The molecule has 188 valence electrons. The summed E-state index contributed by atoms with van der Waals surface area (Å²) in [6.45, 7) is 2.35. The van der Waals surface area contributed by atoms with E-state index in [2.05, 4.69) is 39.1 Å². The van der Waals surface area contributed by atoms with Gasteiger partial charge in [0.1, 0.15) is 0 Å². The van der Waals surface area contributed by atoms with Crippen LogP contribution in [0.2, 0.25) is 0 Å². The zero-order valence-electron chi connectivity index (χ0n) is 19.6. The van der Waals surface area contributed by atoms with Gasteiger partial charge in [-0.1, -0.05) is 42.5 Å². The Morgan fingerprint density at radius 2 is 1.92 bits per heavy atom. The molecule has 1 aliphatic rings. The minimum atomic E-state index is -0.852. The lowest BCUT2D eigenvalue weighted by Crippen LogP contribution is -2.36. The number of benzene rings is 2. The minimum absolute atomic E-state index is 0.156. The van der Waals surface area contributed by atoms with Crippen LogP contribution < -0.4 is 16.2 Å². The Morgan fingerprint density at radius 1 is 1.14 bits per heavy atom. The van der Waals surface area contributed by atoms with E-state index in [1.165, 1.54) is 4.88 Å². The highest BCUT2D eigenvalue weighted by Crippen LogP contribution is 2.27. The molecule has 9 nitrogen and oxygen atoms in total. The van der Waals surface area contributed by atoms with Crippen molar-refractivity contribution >= 4 is 35.5 Å². The van der Waals surface area contributed by atoms with Crippen molar-refractivity contribution < 1.29 is 29.0 Å². The molecule has 36 heavy (non-hydrogen) atoms. The fraction of sp³-hybridized carbons (Fsp3) is 0.231. The monoisotopic (exact) mass is 509 g/mol. The lowest BCUT2D eigenvalue weighted by molar-refractivity contribution is -0.138. The molecule has 2 heterocycles. The number of ether oxygens (including phenoxy) is 1. The summed E-state index contributed by atoms with van der Waals surface area (Å²) in [5.74, 6) is -1.36. The number of carbonyl (C=O) groups is 4. The SMILES string of the molecule is CC(NC(=O)c1ccccc1CCC(=O)NNC=O)c1cccc(-c2cccs2)c1.O=C(O)C1CO1. The van der Waals surface area contributed by atoms with Crippen molar-refractivity contribution in [1.82, 2.24) is 16.2 Å². The molecule has 2 unspecified atom stereocenters. The molecule has 1 saturated heterocycles. The van der Waals surface area contributed by atoms with Crippen LogP contribution in [0.25, 0.3) is 10.4 Å². The van der Waals surface area contributed by atoms with Crippen LogP contribution in [0.4, 0.5) is 0 Å². The van der Waals surface area contributed by atoms with Gasteiger partial charge in [-0.2, -0.15) is 0 Å². The maximum atomic E-state index is 12.9. The Bertz CT molecular complexity index is 1190. The second-order valence-electron chi connectivity index (χ2n) is 7.93. The third-order valence-electron chi connectivity index (χ3n) is 5.30. The number of epoxide rings is 1. The highest BCUT2D eigenvalue weighted by atomic mass is 32.1. The van der Waals surface area contributed by atoms with E-state index >= 15 is 0 Å². The van der Waals surface area contributed by atoms with Crippen LogP contribution in [0.5, 0.6) is 0 Å². The molecule has 0 aliphatic carbocycles. The number of rotatable bonds is 10. The van der Waals surface area contributed by atoms with Crippen molar-refractivity contribution in [2.24, 2.45) is 0 Å². The summed E-state index contributed by atoms with van der Waals surface area (Å²) in [6.07, 6.45) is 0.459. The third kappa shape index (κ3) is 8.03. The number of carboxylic acids is 1. The number of aliphatic carboxylic acids is 1. The second kappa shape index (κ2) is 13.2. The quantitative estimate of drug-likeness (QED) is 0.188. The predicted molar refractivity (Wildman–Crippen MR) is 135 cm³/mol. The Morgan fingerprint density at radius 3 is 2.56 bits per heavy atom. The second-order valence-corrected chi connectivity index (χ2v) is 8.87. The van der Waals surface area contributed by atoms with Gasteiger partial charge in [0.05, 0.1) is 12.6 Å². The van der Waals surface area contributed by atoms with E-state index in [-0.39, 0.29) is 24.3 Å². The molecule has 0 radical (unpaired) electrons. The van der Waals surface area contributed by atoms with E-state index in [9.17, 15) is 19.2 Å². The van der Waals surface area contributed by atoms with Crippen molar-refractivity contribution in [3.63, 3.8) is 0 Å². The van der Waals surface area contributed by atoms with Gasteiger partial charge in [-0.15, -0.1) is 11.3 Å². The highest BCUT2D eigenvalue weighted by Gasteiger charge is 2.30. The molecule has 4 rings (SSSR count). The number of hydrazine groups is 1. The first-order valence-electron chi connectivity index (χ1n) is 11.2. The first-order chi connectivity index (χ1) is 17.4. The lowest BCUT2D eigenvalue weighted by Gasteiger charge is -2.17. The van der Waals surface area contributed by atoms with Gasteiger partial charge >= 0.3 is 5.97 Å². The summed E-state index contributed by atoms with van der Waals surface area (Å²) in [6, 6.07) is 19.3. The fourth-order valence-electron chi connectivity index (χ4n) is 3.33. The molecule has 3 aromatic rings. The molecule has 0 saturated carbocycles. The summed E-state index contributed by atoms with van der Waals surface area (Å²) >= 11 is 1.68. The van der Waals surface area contributed by atoms with Gasteiger partial charge in [0.15, 0.2) is 6.10 Å². The number of nitrogens with one attached hydrogen (secondary N) is 3. The molecule has 0 spiro atoms. The van der Waals surface area contributed by atoms with Gasteiger partial charge in [0.2, 0.25) is 12.3 Å². The van der Waals surface area contributed by atoms with Crippen LogP contribution >= 0.6 is 11.3 Å². The largest absolute Gasteiger partial charge is 0.479 e. The molecule has 10 heteroatoms. The number of hydrogen-bond acceptors (Lipinski definition) is 6. The maximum Gasteiger partial charge on any atom is 0.335 e. The maximum absolute atomic E-state index is 12.9. The van der Waals surface area contributed by atoms with Gasteiger partial charge < -0.3 is 15.2 Å². The van der Waals surface area contributed by atoms with E-state index in [0.717, 1.165) is 16.7 Å². The van der Waals surface area contributed by atoms with Gasteiger partial charge in [0, 0.05) is 16.9 Å². The summed E-state index contributed by atoms with van der Waals surface area (Å²) < 4.78 is 4.37. The fourth-order valence-corrected chi connectivity index (χ4v) is 4.06. The summed E-state index contributed by atoms with van der Waals surface area (Å²) in [5, 5.41) is 13.0. The van der Waals surface area contributed by atoms with Crippen molar-refractivity contribution in [2.75, 3.05) is 6.61 Å². The molecule has 2 atom stereocenters. The van der Waals surface area contributed by atoms with Crippen molar-refractivity contribution in [1.29, 1.82) is 0 Å². The summed E-state index contributed by atoms with van der Waals surface area (Å²) in [5.41, 5.74) is 7.84. The van der Waals surface area contributed by atoms with Crippen LogP contribution in [0, 0.1) is 0 Å². The first kappa shape index (κ1) is 26.6. The third-order valence-corrected chi connectivity index (χ3v) is 6.22. The number of carboxylic acid groups (broad SMARTS) is 1. The molecule has 0 bridgehead atoms. The molecule has 1 fully saturated rings. The van der Waals surface area contributed by atoms with Crippen molar-refractivity contribution in [3.05, 3.63) is 82.7 Å². The van der Waals surface area contributed by atoms with Gasteiger partial charge in [-0.25, -0.2) is 4.79 Å². The van der Waals surface area contributed by atoms with Crippen LogP contribution in [0.1, 0.15) is 40.9 Å². The number of hydrogen-bond donors (Lipinski definition) is 4. The average molecular weight is 510 g/mol. The summed E-state index contributed by atoms with van der Waals surface area (Å²) in [7, 11) is 0. The van der Waals surface area contributed by atoms with Gasteiger partial charge in [0.25, 0.3) is 5.91 Å². The highest BCUT2D eigenvalue weighted by molar-refractivity contribution is 7.13. The van der Waals surface area contributed by atoms with Gasteiger partial charge in [-0.3, -0.25) is 25.2 Å². The van der Waals surface area contributed by atoms with Crippen molar-refractivity contribution in [3.8, 4) is 10.4 Å².